The fourth-order valence-corrected chi connectivity index (χ4v) is 4.05. The fraction of sp³-hybridized carbons (Fsp3) is 0.647. The highest BCUT2D eigenvalue weighted by atomic mass is 35.5. The summed E-state index contributed by atoms with van der Waals surface area (Å²) in [5, 5.41) is 0.547. The maximum absolute atomic E-state index is 12.9. The molecule has 6 heteroatoms. The number of aryl methyl sites for hydroxylation is 1. The van der Waals surface area contributed by atoms with Crippen molar-refractivity contribution in [2.45, 2.75) is 57.7 Å². The molecule has 0 spiro atoms. The van der Waals surface area contributed by atoms with Crippen molar-refractivity contribution in [3.05, 3.63) is 23.0 Å². The van der Waals surface area contributed by atoms with E-state index >= 15 is 0 Å². The Morgan fingerprint density at radius 2 is 2.00 bits per heavy atom. The van der Waals surface area contributed by atoms with Crippen molar-refractivity contribution in [2.24, 2.45) is 13.0 Å². The van der Waals surface area contributed by atoms with Crippen LogP contribution in [0.1, 0.15) is 50.5 Å². The van der Waals surface area contributed by atoms with Crippen LogP contribution in [0, 0.1) is 5.92 Å². The maximum atomic E-state index is 12.9. The molecule has 0 aliphatic carbocycles. The first-order chi connectivity index (χ1) is 10.7. The number of aromatic nitrogens is 1. The Hall–Kier alpha value is -1.49. The molecule has 0 N–H and O–H groups in total. The van der Waals surface area contributed by atoms with Crippen LogP contribution in [0.3, 0.4) is 0 Å². The summed E-state index contributed by atoms with van der Waals surface area (Å²) in [6, 6.07) is 1.75. The van der Waals surface area contributed by atoms with E-state index < -0.39 is 5.60 Å². The molecule has 1 amide bonds. The van der Waals surface area contributed by atoms with Crippen LogP contribution in [0.25, 0.3) is 0 Å². The van der Waals surface area contributed by atoms with Crippen LogP contribution in [0.2, 0.25) is 5.02 Å². The number of hydrogen-bond acceptors (Lipinski definition) is 3. The Labute approximate surface area is 141 Å². The first-order valence-electron chi connectivity index (χ1n) is 8.05. The Balaban J connectivity index is 1.79. The third-order valence-electron chi connectivity index (χ3n) is 4.67. The molecule has 126 valence electrons. The van der Waals surface area contributed by atoms with Crippen LogP contribution >= 0.6 is 11.6 Å². The number of esters is 1. The van der Waals surface area contributed by atoms with Gasteiger partial charge in [-0.1, -0.05) is 11.6 Å². The van der Waals surface area contributed by atoms with Gasteiger partial charge in [0.1, 0.15) is 11.3 Å². The number of halogens is 1. The van der Waals surface area contributed by atoms with Crippen LogP contribution in [0.5, 0.6) is 0 Å². The molecular weight excluding hydrogens is 316 g/mol. The molecule has 1 aromatic rings. The largest absolute Gasteiger partial charge is 0.460 e. The molecule has 0 unspecified atom stereocenters. The molecular formula is C17H23ClN2O3. The zero-order chi connectivity index (χ0) is 16.9. The zero-order valence-corrected chi connectivity index (χ0v) is 14.8. The van der Waals surface area contributed by atoms with Gasteiger partial charge in [0, 0.05) is 25.3 Å². The van der Waals surface area contributed by atoms with Gasteiger partial charge in [-0.15, -0.1) is 0 Å². The van der Waals surface area contributed by atoms with Crippen LogP contribution in [0.4, 0.5) is 0 Å². The highest BCUT2D eigenvalue weighted by Crippen LogP contribution is 2.43. The Kier molecular flexibility index (Phi) is 3.95. The summed E-state index contributed by atoms with van der Waals surface area (Å²) in [6.45, 7) is 5.60. The number of ether oxygens (including phenoxy) is 1. The van der Waals surface area contributed by atoms with Gasteiger partial charge in [0.25, 0.3) is 5.91 Å². The molecule has 1 aromatic heterocycles. The van der Waals surface area contributed by atoms with Crippen molar-refractivity contribution in [3.8, 4) is 0 Å². The number of carbonyl (C=O) groups excluding carboxylic acids is 2. The lowest BCUT2D eigenvalue weighted by atomic mass is 9.89. The van der Waals surface area contributed by atoms with E-state index in [4.69, 9.17) is 16.3 Å². The van der Waals surface area contributed by atoms with Gasteiger partial charge in [-0.25, -0.2) is 0 Å². The van der Waals surface area contributed by atoms with Crippen molar-refractivity contribution in [1.82, 2.24) is 9.47 Å². The first kappa shape index (κ1) is 16.4. The lowest BCUT2D eigenvalue weighted by Gasteiger charge is -2.26. The van der Waals surface area contributed by atoms with E-state index in [0.717, 1.165) is 12.8 Å². The molecule has 3 atom stereocenters. The molecule has 0 saturated carbocycles. The van der Waals surface area contributed by atoms with Crippen LogP contribution < -0.4 is 0 Å². The van der Waals surface area contributed by atoms with Crippen molar-refractivity contribution >= 4 is 23.5 Å². The third-order valence-corrected chi connectivity index (χ3v) is 4.88. The average Bonchev–Trinajstić information content (AvgIpc) is 3.08. The van der Waals surface area contributed by atoms with Gasteiger partial charge in [-0.05, 0) is 46.1 Å². The standard InChI is InChI=1S/C17H23ClN2O3/c1-17(2,3)23-16(22)12-8-11-5-6-13(12)20(11)15(21)14-7-10(18)9-19(14)4/h7,9,11-13H,5-6,8H2,1-4H3/t11-,12+,13-/m0/s1. The first-order valence-corrected chi connectivity index (χ1v) is 8.42. The van der Waals surface area contributed by atoms with E-state index in [-0.39, 0.29) is 29.9 Å². The number of nitrogens with zero attached hydrogens (tertiary/aromatic N) is 2. The summed E-state index contributed by atoms with van der Waals surface area (Å²) in [5.74, 6) is -0.446. The zero-order valence-electron chi connectivity index (χ0n) is 14.0. The SMILES string of the molecule is Cn1cc(Cl)cc1C(=O)N1[C@H]2CC[C@H]1[C@H](C(=O)OC(C)(C)C)C2. The van der Waals surface area contributed by atoms with Gasteiger partial charge in [0.05, 0.1) is 10.9 Å². The number of hydrogen-bond donors (Lipinski definition) is 0. The topological polar surface area (TPSA) is 51.5 Å². The van der Waals surface area contributed by atoms with Crippen LogP contribution in [0.15, 0.2) is 12.3 Å². The molecule has 2 aliphatic rings. The second-order valence-electron chi connectivity index (χ2n) is 7.54. The van der Waals surface area contributed by atoms with E-state index in [9.17, 15) is 9.59 Å². The van der Waals surface area contributed by atoms with Gasteiger partial charge < -0.3 is 14.2 Å². The van der Waals surface area contributed by atoms with Crippen molar-refractivity contribution in [1.29, 1.82) is 0 Å². The van der Waals surface area contributed by atoms with Gasteiger partial charge >= 0.3 is 5.97 Å². The van der Waals surface area contributed by atoms with Crippen LogP contribution in [-0.4, -0.2) is 39.0 Å². The summed E-state index contributed by atoms with van der Waals surface area (Å²) in [5.41, 5.74) is 0.0658. The Bertz CT molecular complexity index is 647. The second kappa shape index (κ2) is 5.55. The second-order valence-corrected chi connectivity index (χ2v) is 7.98. The third kappa shape index (κ3) is 2.99. The molecule has 2 aliphatic heterocycles. The minimum absolute atomic E-state index is 0.0436. The highest BCUT2D eigenvalue weighted by Gasteiger charge is 2.52. The fourth-order valence-electron chi connectivity index (χ4n) is 3.81. The molecule has 3 rings (SSSR count). The normalized spacial score (nSPS) is 26.7. The molecule has 5 nitrogen and oxygen atoms in total. The quantitative estimate of drug-likeness (QED) is 0.779. The average molecular weight is 339 g/mol. The summed E-state index contributed by atoms with van der Waals surface area (Å²) in [4.78, 5) is 27.2. The van der Waals surface area contributed by atoms with Crippen molar-refractivity contribution in [2.75, 3.05) is 0 Å². The summed E-state index contributed by atoms with van der Waals surface area (Å²) >= 11 is 5.99. The molecule has 23 heavy (non-hydrogen) atoms. The smallest absolute Gasteiger partial charge is 0.311 e. The minimum atomic E-state index is -0.501. The minimum Gasteiger partial charge on any atom is -0.460 e. The number of rotatable bonds is 2. The Morgan fingerprint density at radius 1 is 1.30 bits per heavy atom. The van der Waals surface area contributed by atoms with E-state index in [0.29, 0.717) is 17.1 Å². The maximum Gasteiger partial charge on any atom is 0.311 e. The van der Waals surface area contributed by atoms with Gasteiger partial charge in [0.2, 0.25) is 0 Å². The van der Waals surface area contributed by atoms with E-state index in [1.165, 1.54) is 0 Å². The van der Waals surface area contributed by atoms with E-state index in [1.54, 1.807) is 16.8 Å². The molecule has 2 saturated heterocycles. The van der Waals surface area contributed by atoms with Gasteiger partial charge in [-0.2, -0.15) is 0 Å². The lowest BCUT2D eigenvalue weighted by Crippen LogP contribution is -2.40. The molecule has 2 bridgehead atoms. The summed E-state index contributed by atoms with van der Waals surface area (Å²) < 4.78 is 7.27. The molecule has 2 fully saturated rings. The predicted octanol–water partition coefficient (Wildman–Crippen LogP) is 3.01. The monoisotopic (exact) mass is 338 g/mol. The summed E-state index contributed by atoms with van der Waals surface area (Å²) in [6.07, 6.45) is 4.23. The molecule has 3 heterocycles. The van der Waals surface area contributed by atoms with Crippen molar-refractivity contribution < 1.29 is 14.3 Å². The molecule has 0 aromatic carbocycles. The summed E-state index contributed by atoms with van der Waals surface area (Å²) in [7, 11) is 1.81. The van der Waals surface area contributed by atoms with Gasteiger partial charge in [-0.3, -0.25) is 9.59 Å². The van der Waals surface area contributed by atoms with Crippen LogP contribution in [-0.2, 0) is 16.6 Å². The van der Waals surface area contributed by atoms with E-state index in [2.05, 4.69) is 0 Å². The van der Waals surface area contributed by atoms with E-state index in [1.807, 2.05) is 32.7 Å². The number of carbonyl (C=O) groups is 2. The highest BCUT2D eigenvalue weighted by molar-refractivity contribution is 6.31. The number of amides is 1. The van der Waals surface area contributed by atoms with Gasteiger partial charge in [0.15, 0.2) is 0 Å². The predicted molar refractivity (Wildman–Crippen MR) is 87.4 cm³/mol. The number of fused-ring (bicyclic) bond motifs is 2. The van der Waals surface area contributed by atoms with Crippen molar-refractivity contribution in [3.63, 3.8) is 0 Å². The molecule has 0 radical (unpaired) electrons. The Morgan fingerprint density at radius 3 is 2.57 bits per heavy atom. The lowest BCUT2D eigenvalue weighted by molar-refractivity contribution is -0.160.